The van der Waals surface area contributed by atoms with Gasteiger partial charge in [0, 0.05) is 33.2 Å². The summed E-state index contributed by atoms with van der Waals surface area (Å²) in [4.78, 5) is 79.4. The molecule has 9 atom stereocenters. The molecule has 2 aromatic rings. The predicted octanol–water partition coefficient (Wildman–Crippen LogP) is 5.06. The molecule has 5 amide bonds. The molecule has 336 valence electrons. The zero-order valence-electron chi connectivity index (χ0n) is 38.3. The molecule has 1 aliphatic heterocycles. The number of hydrogen-bond donors (Lipinski definition) is 3. The van der Waals surface area contributed by atoms with Gasteiger partial charge in [-0.25, -0.2) is 0 Å². The van der Waals surface area contributed by atoms with E-state index in [1.807, 2.05) is 97.1 Å². The SMILES string of the molecule is CC[C@@H](C)[C@@H](C(CC(=O)N1CCCC1[C@@H](OC)[C@H](C)C(=O)N[C@@H](CCSC)C(=O)Nc1cnc2ccccc2c1)OC)N(C)C(=O)[C@@H](NC(=O)[C@H](C(C)C)N(C)C)C(C)C. The highest BCUT2D eigenvalue weighted by Crippen LogP contribution is 2.30. The number of nitrogens with one attached hydrogen (secondary N) is 3. The molecule has 1 aromatic heterocycles. The van der Waals surface area contributed by atoms with E-state index in [2.05, 4.69) is 20.9 Å². The zero-order chi connectivity index (χ0) is 44.8. The van der Waals surface area contributed by atoms with Crippen molar-refractivity contribution in [2.75, 3.05) is 59.2 Å². The van der Waals surface area contributed by atoms with Crippen molar-refractivity contribution >= 4 is 57.9 Å². The van der Waals surface area contributed by atoms with Crippen LogP contribution in [0.5, 0.6) is 0 Å². The van der Waals surface area contributed by atoms with Gasteiger partial charge in [-0.15, -0.1) is 0 Å². The lowest BCUT2D eigenvalue weighted by Gasteiger charge is -2.41. The van der Waals surface area contributed by atoms with Crippen molar-refractivity contribution in [3.63, 3.8) is 0 Å². The molecule has 1 aliphatic rings. The van der Waals surface area contributed by atoms with E-state index in [0.29, 0.717) is 30.8 Å². The lowest BCUT2D eigenvalue weighted by Crippen LogP contribution is -2.59. The lowest BCUT2D eigenvalue weighted by atomic mass is 9.89. The van der Waals surface area contributed by atoms with Gasteiger partial charge in [0.2, 0.25) is 29.5 Å². The van der Waals surface area contributed by atoms with E-state index in [1.54, 1.807) is 55.9 Å². The Balaban J connectivity index is 1.78. The molecule has 3 rings (SSSR count). The van der Waals surface area contributed by atoms with Crippen molar-refractivity contribution in [2.45, 2.75) is 123 Å². The summed E-state index contributed by atoms with van der Waals surface area (Å²) in [6, 6.07) is 6.65. The highest BCUT2D eigenvalue weighted by molar-refractivity contribution is 7.98. The Morgan fingerprint density at radius 2 is 1.62 bits per heavy atom. The zero-order valence-corrected chi connectivity index (χ0v) is 39.1. The second-order valence-electron chi connectivity index (χ2n) is 17.2. The number of nitrogens with zero attached hydrogens (tertiary/aromatic N) is 4. The minimum atomic E-state index is -0.800. The molecular weight excluding hydrogens is 783 g/mol. The van der Waals surface area contributed by atoms with Crippen LogP contribution in [0.15, 0.2) is 36.5 Å². The fourth-order valence-corrected chi connectivity index (χ4v) is 9.06. The van der Waals surface area contributed by atoms with Gasteiger partial charge in [0.25, 0.3) is 0 Å². The van der Waals surface area contributed by atoms with Crippen LogP contribution in [0, 0.1) is 23.7 Å². The molecule has 2 unspecified atom stereocenters. The van der Waals surface area contributed by atoms with Gasteiger partial charge in [-0.1, -0.05) is 73.1 Å². The summed E-state index contributed by atoms with van der Waals surface area (Å²) in [5.41, 5.74) is 1.35. The molecule has 14 nitrogen and oxygen atoms in total. The highest BCUT2D eigenvalue weighted by Gasteiger charge is 2.43. The molecule has 0 spiro atoms. The number of hydrogen-bond acceptors (Lipinski definition) is 10. The van der Waals surface area contributed by atoms with E-state index < -0.39 is 48.3 Å². The molecule has 15 heteroatoms. The standard InChI is InChI=1S/C45H73N7O7S/c1-14-29(6)40(51(10)45(57)38(27(2)3)49-44(56)39(28(4)5)50(8)9)36(58-11)25-37(53)52-22-17-20-35(52)41(59-12)30(7)42(54)48-34(21-23-60-13)43(55)47-32-24-31-18-15-16-19-33(31)46-26-32/h15-16,18-19,24,26-30,34-36,38-41H,14,17,20-23,25H2,1-13H3,(H,47,55)(H,48,54)(H,49,56)/t29-,30+,34+,35?,36?,38+,39+,40+,41+/m1/s1. The first kappa shape index (κ1) is 50.6. The molecule has 1 fully saturated rings. The van der Waals surface area contributed by atoms with Crippen LogP contribution in [0.25, 0.3) is 10.9 Å². The van der Waals surface area contributed by atoms with Gasteiger partial charge in [-0.05, 0) is 75.3 Å². The molecule has 3 N–H and O–H groups in total. The monoisotopic (exact) mass is 856 g/mol. The van der Waals surface area contributed by atoms with Gasteiger partial charge < -0.3 is 35.2 Å². The molecular formula is C45H73N7O7S. The Morgan fingerprint density at radius 1 is 0.933 bits per heavy atom. The van der Waals surface area contributed by atoms with Crippen LogP contribution in [0.3, 0.4) is 0 Å². The minimum absolute atomic E-state index is 0.00591. The van der Waals surface area contributed by atoms with Crippen molar-refractivity contribution in [1.82, 2.24) is 30.3 Å². The molecule has 0 radical (unpaired) electrons. The highest BCUT2D eigenvalue weighted by atomic mass is 32.2. The average Bonchev–Trinajstić information content (AvgIpc) is 3.70. The fraction of sp³-hybridized carbons (Fsp3) is 0.689. The van der Waals surface area contributed by atoms with E-state index in [4.69, 9.17) is 9.47 Å². The number of thioether (sulfide) groups is 1. The maximum absolute atomic E-state index is 14.3. The number of ether oxygens (including phenoxy) is 2. The van der Waals surface area contributed by atoms with Gasteiger partial charge in [-0.3, -0.25) is 33.9 Å². The number of benzene rings is 1. The summed E-state index contributed by atoms with van der Waals surface area (Å²) >= 11 is 1.59. The third kappa shape index (κ3) is 13.1. The quantitative estimate of drug-likeness (QED) is 0.138. The van der Waals surface area contributed by atoms with Crippen LogP contribution >= 0.6 is 11.8 Å². The second-order valence-corrected chi connectivity index (χ2v) is 18.2. The first-order chi connectivity index (χ1) is 28.4. The van der Waals surface area contributed by atoms with Crippen molar-refractivity contribution < 1.29 is 33.4 Å². The van der Waals surface area contributed by atoms with Crippen LogP contribution in [-0.2, 0) is 33.4 Å². The Kier molecular flexibility index (Phi) is 20.2. The predicted molar refractivity (Wildman–Crippen MR) is 241 cm³/mol. The number of rotatable bonds is 23. The van der Waals surface area contributed by atoms with E-state index >= 15 is 0 Å². The minimum Gasteiger partial charge on any atom is -0.379 e. The van der Waals surface area contributed by atoms with Crippen LogP contribution in [-0.4, -0.2) is 146 Å². The molecule has 60 heavy (non-hydrogen) atoms. The van der Waals surface area contributed by atoms with Crippen molar-refractivity contribution in [1.29, 1.82) is 0 Å². The molecule has 0 aliphatic carbocycles. The van der Waals surface area contributed by atoms with E-state index in [1.165, 1.54) is 0 Å². The number of anilines is 1. The van der Waals surface area contributed by atoms with Crippen LogP contribution < -0.4 is 16.0 Å². The van der Waals surface area contributed by atoms with E-state index in [0.717, 1.165) is 23.7 Å². The number of fused-ring (bicyclic) bond motifs is 1. The summed E-state index contributed by atoms with van der Waals surface area (Å²) in [6.07, 6.45) is 4.79. The fourth-order valence-electron chi connectivity index (χ4n) is 8.59. The third-order valence-corrected chi connectivity index (χ3v) is 12.7. The first-order valence-corrected chi connectivity index (χ1v) is 22.8. The number of pyridine rings is 1. The van der Waals surface area contributed by atoms with E-state index in [-0.39, 0.29) is 53.7 Å². The number of carbonyl (C=O) groups excluding carboxylic acids is 5. The Morgan fingerprint density at radius 3 is 2.20 bits per heavy atom. The normalized spacial score (nSPS) is 18.4. The van der Waals surface area contributed by atoms with Crippen LogP contribution in [0.1, 0.15) is 80.6 Å². The summed E-state index contributed by atoms with van der Waals surface area (Å²) < 4.78 is 12.1. The molecule has 2 heterocycles. The van der Waals surface area contributed by atoms with Gasteiger partial charge in [0.15, 0.2) is 0 Å². The summed E-state index contributed by atoms with van der Waals surface area (Å²) in [5, 5.41) is 9.85. The number of para-hydroxylation sites is 1. The maximum atomic E-state index is 14.3. The Bertz CT molecular complexity index is 1720. The topological polar surface area (TPSA) is 163 Å². The number of amides is 5. The third-order valence-electron chi connectivity index (χ3n) is 12.0. The van der Waals surface area contributed by atoms with Crippen LogP contribution in [0.2, 0.25) is 0 Å². The van der Waals surface area contributed by atoms with Crippen molar-refractivity contribution in [3.05, 3.63) is 36.5 Å². The largest absolute Gasteiger partial charge is 0.379 e. The number of likely N-dealkylation sites (tertiary alicyclic amines) is 1. The van der Waals surface area contributed by atoms with Gasteiger partial charge in [0.05, 0.1) is 60.1 Å². The second kappa shape index (κ2) is 24.0. The smallest absolute Gasteiger partial charge is 0.247 e. The Labute approximate surface area is 363 Å². The molecule has 1 aromatic carbocycles. The first-order valence-electron chi connectivity index (χ1n) is 21.5. The van der Waals surface area contributed by atoms with Crippen molar-refractivity contribution in [3.8, 4) is 0 Å². The molecule has 0 saturated carbocycles. The Hall–Kier alpha value is -3.79. The number of likely N-dealkylation sites (N-methyl/N-ethyl adjacent to an activating group) is 2. The molecule has 0 bridgehead atoms. The lowest BCUT2D eigenvalue weighted by molar-refractivity contribution is -0.148. The molecule has 1 saturated heterocycles. The van der Waals surface area contributed by atoms with Gasteiger partial charge >= 0.3 is 0 Å². The van der Waals surface area contributed by atoms with Gasteiger partial charge in [-0.2, -0.15) is 11.8 Å². The summed E-state index contributed by atoms with van der Waals surface area (Å²) in [7, 11) is 8.54. The maximum Gasteiger partial charge on any atom is 0.247 e. The number of methoxy groups -OCH3 is 2. The summed E-state index contributed by atoms with van der Waals surface area (Å²) in [6.45, 7) is 14.1. The number of aromatic nitrogens is 1. The average molecular weight is 856 g/mol. The van der Waals surface area contributed by atoms with Crippen molar-refractivity contribution in [2.24, 2.45) is 23.7 Å². The van der Waals surface area contributed by atoms with Gasteiger partial charge in [0.1, 0.15) is 12.1 Å². The summed E-state index contributed by atoms with van der Waals surface area (Å²) in [5.74, 6) is -1.52. The van der Waals surface area contributed by atoms with E-state index in [9.17, 15) is 24.0 Å². The number of carbonyl (C=O) groups is 5. The van der Waals surface area contributed by atoms with Crippen LogP contribution in [0.4, 0.5) is 5.69 Å².